The normalized spacial score (nSPS) is 18.7. The number of ether oxygens (including phenoxy) is 1. The molecule has 0 amide bonds. The van der Waals surface area contributed by atoms with E-state index in [0.29, 0.717) is 18.1 Å². The van der Waals surface area contributed by atoms with Crippen molar-refractivity contribution in [2.45, 2.75) is 51.4 Å². The standard InChI is InChI=1S/C22H31N3O.2ClH/c1-16(2)25-19-11-12-21(26-3)18(14-19)15-24-20-10-7-13-23-22(20)17-8-5-4-6-9-17;;/h4-6,8-9,11-12,14,16,20,22-25H,7,10,13,15H2,1-3H3;2*1H/t20-,22-;;/m0../s1. The van der Waals surface area contributed by atoms with E-state index < -0.39 is 0 Å². The lowest BCUT2D eigenvalue weighted by Gasteiger charge is -2.34. The Hall–Kier alpha value is -1.46. The number of methoxy groups -OCH3 is 1. The first-order valence-electron chi connectivity index (χ1n) is 9.62. The molecule has 1 fully saturated rings. The Kier molecular flexibility index (Phi) is 10.7. The lowest BCUT2D eigenvalue weighted by Crippen LogP contribution is -2.45. The number of anilines is 1. The first kappa shape index (κ1) is 24.6. The Morgan fingerprint density at radius 2 is 1.86 bits per heavy atom. The van der Waals surface area contributed by atoms with Gasteiger partial charge in [-0.25, -0.2) is 0 Å². The molecule has 3 rings (SSSR count). The summed E-state index contributed by atoms with van der Waals surface area (Å²) >= 11 is 0. The third kappa shape index (κ3) is 6.56. The molecule has 0 aromatic heterocycles. The van der Waals surface area contributed by atoms with Crippen LogP contribution < -0.4 is 20.7 Å². The summed E-state index contributed by atoms with van der Waals surface area (Å²) in [7, 11) is 1.74. The lowest BCUT2D eigenvalue weighted by atomic mass is 9.92. The molecule has 28 heavy (non-hydrogen) atoms. The van der Waals surface area contributed by atoms with Crippen LogP contribution in [0.15, 0.2) is 48.5 Å². The highest BCUT2D eigenvalue weighted by Crippen LogP contribution is 2.26. The van der Waals surface area contributed by atoms with E-state index in [2.05, 4.69) is 78.3 Å². The Labute approximate surface area is 181 Å². The fourth-order valence-electron chi connectivity index (χ4n) is 3.70. The number of rotatable bonds is 7. The minimum Gasteiger partial charge on any atom is -0.496 e. The highest BCUT2D eigenvalue weighted by molar-refractivity contribution is 5.85. The Morgan fingerprint density at radius 3 is 2.54 bits per heavy atom. The molecule has 2 aromatic rings. The molecule has 1 saturated heterocycles. The SMILES string of the molecule is COc1ccc(NC(C)C)cc1CN[C@H]1CCCN[C@H]1c1ccccc1.Cl.Cl. The van der Waals surface area contributed by atoms with Crippen LogP contribution in [0.1, 0.15) is 43.9 Å². The summed E-state index contributed by atoms with van der Waals surface area (Å²) in [6, 6.07) is 18.2. The van der Waals surface area contributed by atoms with Crippen molar-refractivity contribution in [1.29, 1.82) is 0 Å². The molecule has 4 nitrogen and oxygen atoms in total. The summed E-state index contributed by atoms with van der Waals surface area (Å²) in [6.45, 7) is 6.18. The minimum absolute atomic E-state index is 0. The molecule has 2 atom stereocenters. The van der Waals surface area contributed by atoms with E-state index in [1.807, 2.05) is 0 Å². The van der Waals surface area contributed by atoms with Crippen LogP contribution in [0.25, 0.3) is 0 Å². The average Bonchev–Trinajstić information content (AvgIpc) is 2.67. The van der Waals surface area contributed by atoms with Crippen molar-refractivity contribution < 1.29 is 4.74 Å². The van der Waals surface area contributed by atoms with E-state index in [-0.39, 0.29) is 24.8 Å². The molecule has 0 unspecified atom stereocenters. The van der Waals surface area contributed by atoms with Gasteiger partial charge in [0.2, 0.25) is 0 Å². The molecule has 0 saturated carbocycles. The van der Waals surface area contributed by atoms with Crippen LogP contribution in [-0.4, -0.2) is 25.7 Å². The Morgan fingerprint density at radius 1 is 1.11 bits per heavy atom. The molecule has 6 heteroatoms. The topological polar surface area (TPSA) is 45.3 Å². The quantitative estimate of drug-likeness (QED) is 0.587. The Bertz CT molecular complexity index is 697. The zero-order chi connectivity index (χ0) is 18.4. The fourth-order valence-corrected chi connectivity index (χ4v) is 3.70. The monoisotopic (exact) mass is 425 g/mol. The molecule has 156 valence electrons. The van der Waals surface area contributed by atoms with Crippen molar-refractivity contribution in [3.05, 3.63) is 59.7 Å². The van der Waals surface area contributed by atoms with Gasteiger partial charge in [0, 0.05) is 35.9 Å². The molecule has 0 spiro atoms. The summed E-state index contributed by atoms with van der Waals surface area (Å²) in [5, 5.41) is 10.9. The van der Waals surface area contributed by atoms with E-state index >= 15 is 0 Å². The summed E-state index contributed by atoms with van der Waals surface area (Å²) in [4.78, 5) is 0. The number of nitrogens with one attached hydrogen (secondary N) is 3. The predicted molar refractivity (Wildman–Crippen MR) is 123 cm³/mol. The van der Waals surface area contributed by atoms with Crippen molar-refractivity contribution >= 4 is 30.5 Å². The molecule has 0 bridgehead atoms. The molecule has 1 aliphatic heterocycles. The molecular formula is C22H33Cl2N3O. The van der Waals surface area contributed by atoms with Gasteiger partial charge in [0.05, 0.1) is 7.11 Å². The van der Waals surface area contributed by atoms with Crippen molar-refractivity contribution in [3.63, 3.8) is 0 Å². The van der Waals surface area contributed by atoms with Crippen LogP contribution in [0, 0.1) is 0 Å². The van der Waals surface area contributed by atoms with Gasteiger partial charge in [-0.3, -0.25) is 0 Å². The Balaban J connectivity index is 0.00000196. The minimum atomic E-state index is 0. The highest BCUT2D eigenvalue weighted by Gasteiger charge is 2.25. The van der Waals surface area contributed by atoms with Gasteiger partial charge in [0.25, 0.3) is 0 Å². The predicted octanol–water partition coefficient (Wildman–Crippen LogP) is 4.94. The van der Waals surface area contributed by atoms with E-state index in [1.165, 1.54) is 24.0 Å². The van der Waals surface area contributed by atoms with Crippen LogP contribution >= 0.6 is 24.8 Å². The average molecular weight is 426 g/mol. The van der Waals surface area contributed by atoms with Gasteiger partial charge < -0.3 is 20.7 Å². The summed E-state index contributed by atoms with van der Waals surface area (Å²) < 4.78 is 5.57. The zero-order valence-corrected chi connectivity index (χ0v) is 18.5. The highest BCUT2D eigenvalue weighted by atomic mass is 35.5. The molecule has 1 aliphatic rings. The number of benzene rings is 2. The van der Waals surface area contributed by atoms with Gasteiger partial charge in [0.1, 0.15) is 5.75 Å². The van der Waals surface area contributed by atoms with Crippen molar-refractivity contribution in [2.24, 2.45) is 0 Å². The van der Waals surface area contributed by atoms with Crippen LogP contribution in [-0.2, 0) is 6.54 Å². The first-order valence-corrected chi connectivity index (χ1v) is 9.62. The molecule has 0 aliphatic carbocycles. The molecule has 1 heterocycles. The summed E-state index contributed by atoms with van der Waals surface area (Å²) in [5.41, 5.74) is 3.68. The molecule has 0 radical (unpaired) electrons. The molecular weight excluding hydrogens is 393 g/mol. The number of piperidine rings is 1. The number of hydrogen-bond donors (Lipinski definition) is 3. The lowest BCUT2D eigenvalue weighted by molar-refractivity contribution is 0.303. The van der Waals surface area contributed by atoms with Crippen LogP contribution in [0.4, 0.5) is 5.69 Å². The van der Waals surface area contributed by atoms with Gasteiger partial charge in [-0.2, -0.15) is 0 Å². The zero-order valence-electron chi connectivity index (χ0n) is 16.9. The maximum Gasteiger partial charge on any atom is 0.123 e. The van der Waals surface area contributed by atoms with Crippen molar-refractivity contribution in [2.75, 3.05) is 19.0 Å². The van der Waals surface area contributed by atoms with E-state index in [9.17, 15) is 0 Å². The second kappa shape index (κ2) is 12.2. The summed E-state index contributed by atoms with van der Waals surface area (Å²) in [5.74, 6) is 0.937. The third-order valence-corrected chi connectivity index (χ3v) is 4.91. The van der Waals surface area contributed by atoms with E-state index in [1.54, 1.807) is 7.11 Å². The van der Waals surface area contributed by atoms with Crippen LogP contribution in [0.2, 0.25) is 0 Å². The number of hydrogen-bond acceptors (Lipinski definition) is 4. The van der Waals surface area contributed by atoms with Gasteiger partial charge in [0.15, 0.2) is 0 Å². The third-order valence-electron chi connectivity index (χ3n) is 4.91. The fraction of sp³-hybridized carbons (Fsp3) is 0.455. The first-order chi connectivity index (χ1) is 12.7. The maximum atomic E-state index is 5.57. The van der Waals surface area contributed by atoms with Crippen LogP contribution in [0.3, 0.4) is 0 Å². The maximum absolute atomic E-state index is 5.57. The van der Waals surface area contributed by atoms with E-state index in [4.69, 9.17) is 4.74 Å². The van der Waals surface area contributed by atoms with E-state index in [0.717, 1.165) is 24.5 Å². The van der Waals surface area contributed by atoms with Gasteiger partial charge in [-0.1, -0.05) is 30.3 Å². The molecule has 3 N–H and O–H groups in total. The largest absolute Gasteiger partial charge is 0.496 e. The van der Waals surface area contributed by atoms with Gasteiger partial charge in [-0.15, -0.1) is 24.8 Å². The second-order valence-corrected chi connectivity index (χ2v) is 7.30. The van der Waals surface area contributed by atoms with Gasteiger partial charge >= 0.3 is 0 Å². The molecule has 2 aromatic carbocycles. The van der Waals surface area contributed by atoms with Crippen molar-refractivity contribution in [1.82, 2.24) is 10.6 Å². The van der Waals surface area contributed by atoms with Crippen molar-refractivity contribution in [3.8, 4) is 5.75 Å². The van der Waals surface area contributed by atoms with Gasteiger partial charge in [-0.05, 0) is 57.0 Å². The van der Waals surface area contributed by atoms with Crippen LogP contribution in [0.5, 0.6) is 5.75 Å². The second-order valence-electron chi connectivity index (χ2n) is 7.30. The summed E-state index contributed by atoms with van der Waals surface area (Å²) in [6.07, 6.45) is 2.38. The number of halogens is 2. The smallest absolute Gasteiger partial charge is 0.123 e.